The molecular weight excluding hydrogens is 391 g/mol. The van der Waals surface area contributed by atoms with E-state index < -0.39 is 0 Å². The summed E-state index contributed by atoms with van der Waals surface area (Å²) in [6.45, 7) is 0. The predicted octanol–water partition coefficient (Wildman–Crippen LogP) is 4.95. The number of hydrogen-bond acceptors (Lipinski definition) is 4. The van der Waals surface area contributed by atoms with Gasteiger partial charge < -0.3 is 5.32 Å². The maximum absolute atomic E-state index is 12.2. The van der Waals surface area contributed by atoms with Crippen molar-refractivity contribution >= 4 is 52.6 Å². The third kappa shape index (κ3) is 4.46. The molecule has 1 amide bonds. The number of rotatable bonds is 5. The lowest BCUT2D eigenvalue weighted by Crippen LogP contribution is -2.08. The Labute approximate surface area is 165 Å². The molecule has 0 aliphatic rings. The molecule has 0 radical (unpaired) electrons. The minimum Gasteiger partial charge on any atom is -0.322 e. The lowest BCUT2D eigenvalue weighted by molar-refractivity contribution is -0.111. The van der Waals surface area contributed by atoms with Crippen molar-refractivity contribution in [1.82, 2.24) is 14.8 Å². The van der Waals surface area contributed by atoms with Crippen LogP contribution >= 0.6 is 35.0 Å². The first-order valence-electron chi connectivity index (χ1n) is 7.55. The van der Waals surface area contributed by atoms with Gasteiger partial charge in [-0.05, 0) is 48.2 Å². The number of nitrogens with zero attached hydrogens (tertiary/aromatic N) is 3. The van der Waals surface area contributed by atoms with Crippen molar-refractivity contribution in [2.75, 3.05) is 11.6 Å². The molecule has 5 nitrogen and oxygen atoms in total. The van der Waals surface area contributed by atoms with Crippen LogP contribution in [0, 0.1) is 0 Å². The molecule has 3 aromatic rings. The van der Waals surface area contributed by atoms with Gasteiger partial charge in [0.2, 0.25) is 5.91 Å². The van der Waals surface area contributed by atoms with Crippen molar-refractivity contribution in [2.45, 2.75) is 5.16 Å². The fourth-order valence-corrected chi connectivity index (χ4v) is 3.03. The van der Waals surface area contributed by atoms with E-state index in [9.17, 15) is 4.79 Å². The molecule has 0 saturated heterocycles. The Kier molecular flexibility index (Phi) is 5.98. The van der Waals surface area contributed by atoms with Gasteiger partial charge in [0.15, 0.2) is 5.16 Å². The second-order valence-electron chi connectivity index (χ2n) is 5.23. The highest BCUT2D eigenvalue weighted by Crippen LogP contribution is 2.23. The van der Waals surface area contributed by atoms with Crippen LogP contribution < -0.4 is 5.32 Å². The highest BCUT2D eigenvalue weighted by atomic mass is 35.5. The van der Waals surface area contributed by atoms with Gasteiger partial charge in [-0.2, -0.15) is 0 Å². The van der Waals surface area contributed by atoms with E-state index in [0.29, 0.717) is 15.7 Å². The van der Waals surface area contributed by atoms with E-state index in [0.717, 1.165) is 16.4 Å². The topological polar surface area (TPSA) is 59.8 Å². The van der Waals surface area contributed by atoms with E-state index in [2.05, 4.69) is 15.5 Å². The minimum absolute atomic E-state index is 0.248. The first-order valence-corrected chi connectivity index (χ1v) is 9.53. The minimum atomic E-state index is -0.248. The van der Waals surface area contributed by atoms with E-state index in [1.807, 2.05) is 35.1 Å². The number of nitrogens with one attached hydrogen (secondary N) is 1. The van der Waals surface area contributed by atoms with Gasteiger partial charge in [0.05, 0.1) is 15.7 Å². The predicted molar refractivity (Wildman–Crippen MR) is 107 cm³/mol. The van der Waals surface area contributed by atoms with E-state index in [1.165, 1.54) is 17.8 Å². The van der Waals surface area contributed by atoms with Crippen molar-refractivity contribution in [3.63, 3.8) is 0 Å². The summed E-state index contributed by atoms with van der Waals surface area (Å²) in [5, 5.41) is 12.5. The standard InChI is InChI=1S/C18H14Cl2N4OS/c1-26-18-23-21-11-24(18)14-4-2-3-13(10-14)22-17(25)8-6-12-5-7-15(19)16(20)9-12/h2-11H,1H3,(H,22,25). The number of halogens is 2. The first kappa shape index (κ1) is 18.5. The van der Waals surface area contributed by atoms with Crippen LogP contribution in [0.4, 0.5) is 5.69 Å². The average molecular weight is 405 g/mol. The molecule has 0 atom stereocenters. The average Bonchev–Trinajstić information content (AvgIpc) is 3.12. The Morgan fingerprint density at radius 3 is 2.81 bits per heavy atom. The number of carbonyl (C=O) groups is 1. The van der Waals surface area contributed by atoms with Gasteiger partial charge in [0.25, 0.3) is 0 Å². The van der Waals surface area contributed by atoms with E-state index in [4.69, 9.17) is 23.2 Å². The molecule has 8 heteroatoms. The van der Waals surface area contributed by atoms with Crippen molar-refractivity contribution < 1.29 is 4.79 Å². The molecule has 0 saturated carbocycles. The molecule has 0 spiro atoms. The monoisotopic (exact) mass is 404 g/mol. The summed E-state index contributed by atoms with van der Waals surface area (Å²) < 4.78 is 1.85. The molecule has 1 heterocycles. The van der Waals surface area contributed by atoms with Crippen molar-refractivity contribution in [3.8, 4) is 5.69 Å². The van der Waals surface area contributed by atoms with Crippen LogP contribution in [0.2, 0.25) is 10.0 Å². The summed E-state index contributed by atoms with van der Waals surface area (Å²) >= 11 is 13.3. The highest BCUT2D eigenvalue weighted by Gasteiger charge is 2.06. The fourth-order valence-electron chi connectivity index (χ4n) is 2.25. The number of amides is 1. The van der Waals surface area contributed by atoms with Crippen LogP contribution in [0.5, 0.6) is 0 Å². The Morgan fingerprint density at radius 2 is 2.04 bits per heavy atom. The van der Waals surface area contributed by atoms with Gasteiger partial charge >= 0.3 is 0 Å². The number of aromatic nitrogens is 3. The van der Waals surface area contributed by atoms with Crippen LogP contribution in [0.25, 0.3) is 11.8 Å². The molecule has 1 N–H and O–H groups in total. The maximum atomic E-state index is 12.2. The van der Waals surface area contributed by atoms with Gasteiger partial charge in [-0.15, -0.1) is 10.2 Å². The molecule has 0 unspecified atom stereocenters. The Bertz CT molecular complexity index is 971. The van der Waals surface area contributed by atoms with Crippen molar-refractivity contribution in [3.05, 3.63) is 70.5 Å². The van der Waals surface area contributed by atoms with Gasteiger partial charge in [-0.3, -0.25) is 9.36 Å². The molecule has 0 aliphatic heterocycles. The number of benzene rings is 2. The third-order valence-electron chi connectivity index (χ3n) is 3.46. The van der Waals surface area contributed by atoms with E-state index in [-0.39, 0.29) is 5.91 Å². The first-order chi connectivity index (χ1) is 12.6. The smallest absolute Gasteiger partial charge is 0.248 e. The van der Waals surface area contributed by atoms with Crippen molar-refractivity contribution in [2.24, 2.45) is 0 Å². The molecule has 132 valence electrons. The zero-order chi connectivity index (χ0) is 18.5. The lowest BCUT2D eigenvalue weighted by Gasteiger charge is -2.08. The van der Waals surface area contributed by atoms with E-state index in [1.54, 1.807) is 30.6 Å². The molecule has 2 aromatic carbocycles. The third-order valence-corrected chi connectivity index (χ3v) is 4.84. The van der Waals surface area contributed by atoms with Gasteiger partial charge in [-0.25, -0.2) is 0 Å². The summed E-state index contributed by atoms with van der Waals surface area (Å²) in [6.07, 6.45) is 6.68. The molecule has 0 fully saturated rings. The highest BCUT2D eigenvalue weighted by molar-refractivity contribution is 7.98. The van der Waals surface area contributed by atoms with Gasteiger partial charge in [0, 0.05) is 11.8 Å². The second-order valence-corrected chi connectivity index (χ2v) is 6.82. The Hall–Kier alpha value is -2.28. The molecule has 1 aromatic heterocycles. The van der Waals surface area contributed by atoms with Gasteiger partial charge in [-0.1, -0.05) is 47.1 Å². The molecule has 0 aliphatic carbocycles. The zero-order valence-electron chi connectivity index (χ0n) is 13.7. The summed E-state index contributed by atoms with van der Waals surface area (Å²) in [4.78, 5) is 12.2. The number of anilines is 1. The lowest BCUT2D eigenvalue weighted by atomic mass is 10.2. The number of hydrogen-bond donors (Lipinski definition) is 1. The van der Waals surface area contributed by atoms with Gasteiger partial charge in [0.1, 0.15) is 6.33 Å². The van der Waals surface area contributed by atoms with E-state index >= 15 is 0 Å². The molecule has 26 heavy (non-hydrogen) atoms. The maximum Gasteiger partial charge on any atom is 0.248 e. The van der Waals surface area contributed by atoms with Crippen LogP contribution in [-0.4, -0.2) is 26.9 Å². The van der Waals surface area contributed by atoms with Crippen LogP contribution in [0.15, 0.2) is 60.0 Å². The van der Waals surface area contributed by atoms with Crippen LogP contribution in [0.1, 0.15) is 5.56 Å². The largest absolute Gasteiger partial charge is 0.322 e. The Morgan fingerprint density at radius 1 is 1.19 bits per heavy atom. The molecular formula is C18H14Cl2N4OS. The van der Waals surface area contributed by atoms with Crippen molar-refractivity contribution in [1.29, 1.82) is 0 Å². The summed E-state index contributed by atoms with van der Waals surface area (Å²) in [5.74, 6) is -0.248. The second kappa shape index (κ2) is 8.40. The SMILES string of the molecule is CSc1nncn1-c1cccc(NC(=O)C=Cc2ccc(Cl)c(Cl)c2)c1. The zero-order valence-corrected chi connectivity index (χ0v) is 16.0. The number of carbonyl (C=O) groups excluding carboxylic acids is 1. The Balaban J connectivity index is 1.72. The van der Waals surface area contributed by atoms with Crippen LogP contribution in [0.3, 0.4) is 0 Å². The number of thioether (sulfide) groups is 1. The van der Waals surface area contributed by atoms with Crippen LogP contribution in [-0.2, 0) is 4.79 Å². The fraction of sp³-hybridized carbons (Fsp3) is 0.0556. The molecule has 0 bridgehead atoms. The normalized spacial score (nSPS) is 11.0. The summed E-state index contributed by atoms with van der Waals surface area (Å²) in [5.41, 5.74) is 2.33. The summed E-state index contributed by atoms with van der Waals surface area (Å²) in [7, 11) is 0. The molecule has 3 rings (SSSR count). The quantitative estimate of drug-likeness (QED) is 0.482. The summed E-state index contributed by atoms with van der Waals surface area (Å²) in [6, 6.07) is 12.6.